The van der Waals surface area contributed by atoms with Gasteiger partial charge in [0.25, 0.3) is 17.4 Å². The lowest BCUT2D eigenvalue weighted by Crippen LogP contribution is -2.31. The van der Waals surface area contributed by atoms with Crippen LogP contribution in [0.1, 0.15) is 33.6 Å². The first-order valence-electron chi connectivity index (χ1n) is 8.66. The lowest BCUT2D eigenvalue weighted by Gasteiger charge is -2.13. The number of nitrogens with zero attached hydrogens (tertiary/aromatic N) is 3. The molecule has 4 rings (SSSR count). The molecule has 6 nitrogen and oxygen atoms in total. The Kier molecular flexibility index (Phi) is 4.49. The van der Waals surface area contributed by atoms with Crippen LogP contribution in [0.4, 0.5) is 0 Å². The van der Waals surface area contributed by atoms with Gasteiger partial charge in [0, 0.05) is 18.1 Å². The minimum absolute atomic E-state index is 0.150. The second-order valence-corrected chi connectivity index (χ2v) is 6.86. The summed E-state index contributed by atoms with van der Waals surface area (Å²) in [6, 6.07) is 11.9. The van der Waals surface area contributed by atoms with Crippen LogP contribution in [0, 0.1) is 0 Å². The number of carbonyl (C=O) groups is 2. The number of fused-ring (bicyclic) bond motifs is 2. The molecule has 0 fully saturated rings. The minimum atomic E-state index is -0.255. The Bertz CT molecular complexity index is 1090. The summed E-state index contributed by atoms with van der Waals surface area (Å²) in [6.07, 6.45) is 2.76. The summed E-state index contributed by atoms with van der Waals surface area (Å²) in [4.78, 5) is 42.7. The number of hydrogen-bond acceptors (Lipinski definition) is 4. The van der Waals surface area contributed by atoms with Crippen LogP contribution in [0.25, 0.3) is 10.9 Å². The summed E-state index contributed by atoms with van der Waals surface area (Å²) in [5.41, 5.74) is 1.36. The molecule has 0 aliphatic carbocycles. The highest BCUT2D eigenvalue weighted by Crippen LogP contribution is 2.22. The number of amides is 2. The molecule has 0 unspecified atom stereocenters. The Morgan fingerprint density at radius 3 is 2.26 bits per heavy atom. The topological polar surface area (TPSA) is 72.3 Å². The molecule has 3 aromatic rings. The molecule has 0 saturated carbocycles. The zero-order valence-electron chi connectivity index (χ0n) is 14.4. The molecular weight excluding hydrogens is 366 g/mol. The summed E-state index contributed by atoms with van der Waals surface area (Å²) >= 11 is 5.96. The first-order valence-corrected chi connectivity index (χ1v) is 9.04. The van der Waals surface area contributed by atoms with Crippen molar-refractivity contribution in [3.63, 3.8) is 0 Å². The van der Waals surface area contributed by atoms with Crippen LogP contribution in [0.2, 0.25) is 5.02 Å². The Morgan fingerprint density at radius 2 is 1.56 bits per heavy atom. The van der Waals surface area contributed by atoms with E-state index in [0.29, 0.717) is 53.0 Å². The fraction of sp³-hybridized carbons (Fsp3) is 0.200. The van der Waals surface area contributed by atoms with Gasteiger partial charge in [0.2, 0.25) is 0 Å². The summed E-state index contributed by atoms with van der Waals surface area (Å²) in [7, 11) is 0. The smallest absolute Gasteiger partial charge is 0.261 e. The molecule has 0 bridgehead atoms. The van der Waals surface area contributed by atoms with Gasteiger partial charge in [0.15, 0.2) is 0 Å². The number of carbonyl (C=O) groups excluding carboxylic acids is 2. The molecule has 0 radical (unpaired) electrons. The van der Waals surface area contributed by atoms with Gasteiger partial charge in [-0.1, -0.05) is 23.7 Å². The van der Waals surface area contributed by atoms with E-state index in [-0.39, 0.29) is 17.4 Å². The number of aryl methyl sites for hydroxylation is 1. The van der Waals surface area contributed by atoms with Crippen LogP contribution in [-0.4, -0.2) is 32.8 Å². The van der Waals surface area contributed by atoms with E-state index in [1.807, 2.05) is 0 Å². The third kappa shape index (κ3) is 3.13. The maximum atomic E-state index is 12.5. The van der Waals surface area contributed by atoms with Crippen LogP contribution >= 0.6 is 11.6 Å². The number of aromatic nitrogens is 2. The van der Waals surface area contributed by atoms with Crippen molar-refractivity contribution in [3.05, 3.63) is 75.3 Å². The fourth-order valence-electron chi connectivity index (χ4n) is 3.28. The Labute approximate surface area is 160 Å². The second kappa shape index (κ2) is 6.96. The molecule has 0 atom stereocenters. The van der Waals surface area contributed by atoms with E-state index in [0.717, 1.165) is 0 Å². The van der Waals surface area contributed by atoms with Crippen molar-refractivity contribution in [3.8, 4) is 0 Å². The summed E-state index contributed by atoms with van der Waals surface area (Å²) < 4.78 is 1.53. The van der Waals surface area contributed by atoms with E-state index < -0.39 is 0 Å². The van der Waals surface area contributed by atoms with Gasteiger partial charge in [-0.3, -0.25) is 23.9 Å². The number of unbranched alkanes of at least 4 members (excludes halogenated alkanes) is 1. The van der Waals surface area contributed by atoms with Crippen LogP contribution in [0.15, 0.2) is 53.6 Å². The molecule has 1 aliphatic rings. The van der Waals surface area contributed by atoms with E-state index in [2.05, 4.69) is 4.98 Å². The Morgan fingerprint density at radius 1 is 0.889 bits per heavy atom. The summed E-state index contributed by atoms with van der Waals surface area (Å²) in [5, 5.41) is 0.968. The molecule has 2 aromatic carbocycles. The molecular formula is C20H16ClN3O3. The lowest BCUT2D eigenvalue weighted by molar-refractivity contribution is 0.0651. The number of benzene rings is 2. The normalized spacial score (nSPS) is 13.4. The van der Waals surface area contributed by atoms with Gasteiger partial charge in [-0.2, -0.15) is 0 Å². The monoisotopic (exact) mass is 381 g/mol. The van der Waals surface area contributed by atoms with Crippen molar-refractivity contribution >= 4 is 34.3 Å². The van der Waals surface area contributed by atoms with Gasteiger partial charge >= 0.3 is 0 Å². The summed E-state index contributed by atoms with van der Waals surface area (Å²) in [5.74, 6) is -0.510. The first kappa shape index (κ1) is 17.4. The van der Waals surface area contributed by atoms with Crippen LogP contribution < -0.4 is 5.56 Å². The number of imide groups is 1. The van der Waals surface area contributed by atoms with Crippen molar-refractivity contribution < 1.29 is 9.59 Å². The highest BCUT2D eigenvalue weighted by atomic mass is 35.5. The van der Waals surface area contributed by atoms with Gasteiger partial charge in [0.1, 0.15) is 0 Å². The average Bonchev–Trinajstić information content (AvgIpc) is 2.92. The number of rotatable bonds is 5. The molecule has 136 valence electrons. The predicted octanol–water partition coefficient (Wildman–Crippen LogP) is 3.13. The van der Waals surface area contributed by atoms with Crippen molar-refractivity contribution in [1.29, 1.82) is 0 Å². The molecule has 0 spiro atoms. The van der Waals surface area contributed by atoms with Crippen molar-refractivity contribution in [2.75, 3.05) is 6.54 Å². The molecule has 1 aromatic heterocycles. The maximum Gasteiger partial charge on any atom is 0.261 e. The molecule has 2 amide bonds. The quantitative estimate of drug-likeness (QED) is 0.503. The first-order chi connectivity index (χ1) is 13.1. The SMILES string of the molecule is O=C1c2ccccc2C(=O)N1CCCCn1cnc2ccc(Cl)cc2c1=O. The van der Waals surface area contributed by atoms with Gasteiger partial charge in [-0.15, -0.1) is 0 Å². The highest BCUT2D eigenvalue weighted by Gasteiger charge is 2.34. The highest BCUT2D eigenvalue weighted by molar-refractivity contribution is 6.31. The van der Waals surface area contributed by atoms with Crippen LogP contribution in [0.5, 0.6) is 0 Å². The van der Waals surface area contributed by atoms with Gasteiger partial charge in [-0.25, -0.2) is 4.98 Å². The maximum absolute atomic E-state index is 12.5. The molecule has 7 heteroatoms. The van der Waals surface area contributed by atoms with Gasteiger partial charge in [0.05, 0.1) is 28.4 Å². The molecule has 0 saturated heterocycles. The standard InChI is InChI=1S/C20H16ClN3O3/c21-13-7-8-17-16(11-13)18(25)23(12-22-17)9-3-4-10-24-19(26)14-5-1-2-6-15(14)20(24)27/h1-2,5-8,11-12H,3-4,9-10H2. The molecule has 0 N–H and O–H groups in total. The average molecular weight is 382 g/mol. The number of hydrogen-bond donors (Lipinski definition) is 0. The van der Waals surface area contributed by atoms with Crippen molar-refractivity contribution in [1.82, 2.24) is 14.5 Å². The Balaban J connectivity index is 1.41. The number of halogens is 1. The fourth-order valence-corrected chi connectivity index (χ4v) is 3.46. The summed E-state index contributed by atoms with van der Waals surface area (Å²) in [6.45, 7) is 0.783. The van der Waals surface area contributed by atoms with E-state index in [1.54, 1.807) is 42.5 Å². The van der Waals surface area contributed by atoms with E-state index in [9.17, 15) is 14.4 Å². The third-order valence-corrected chi connectivity index (χ3v) is 4.93. The van der Waals surface area contributed by atoms with Crippen LogP contribution in [-0.2, 0) is 6.54 Å². The van der Waals surface area contributed by atoms with Gasteiger partial charge < -0.3 is 0 Å². The zero-order valence-corrected chi connectivity index (χ0v) is 15.1. The molecule has 2 heterocycles. The molecule has 1 aliphatic heterocycles. The second-order valence-electron chi connectivity index (χ2n) is 6.42. The van der Waals surface area contributed by atoms with Gasteiger partial charge in [-0.05, 0) is 43.2 Å². The zero-order chi connectivity index (χ0) is 19.0. The van der Waals surface area contributed by atoms with Crippen molar-refractivity contribution in [2.24, 2.45) is 0 Å². The minimum Gasteiger partial charge on any atom is -0.299 e. The predicted molar refractivity (Wildman–Crippen MR) is 102 cm³/mol. The van der Waals surface area contributed by atoms with E-state index in [1.165, 1.54) is 15.8 Å². The van der Waals surface area contributed by atoms with Crippen molar-refractivity contribution in [2.45, 2.75) is 19.4 Å². The largest absolute Gasteiger partial charge is 0.299 e. The van der Waals surface area contributed by atoms with Crippen LogP contribution in [0.3, 0.4) is 0 Å². The third-order valence-electron chi connectivity index (χ3n) is 4.69. The van der Waals surface area contributed by atoms with E-state index in [4.69, 9.17) is 11.6 Å². The Hall–Kier alpha value is -2.99. The lowest BCUT2D eigenvalue weighted by atomic mass is 10.1. The molecule has 27 heavy (non-hydrogen) atoms. The van der Waals surface area contributed by atoms with E-state index >= 15 is 0 Å².